The Balaban J connectivity index is 1.87. The maximum absolute atomic E-state index is 13.4. The van der Waals surface area contributed by atoms with Gasteiger partial charge in [0.15, 0.2) is 0 Å². The van der Waals surface area contributed by atoms with E-state index >= 15 is 0 Å². The van der Waals surface area contributed by atoms with Crippen LogP contribution < -0.4 is 0 Å². The first-order chi connectivity index (χ1) is 11.0. The lowest BCUT2D eigenvalue weighted by atomic mass is 9.68. The highest BCUT2D eigenvalue weighted by molar-refractivity contribution is 6.30. The number of hydrogen-bond donors (Lipinski definition) is 1. The van der Waals surface area contributed by atoms with Gasteiger partial charge in [0.25, 0.3) is 0 Å². The molecule has 1 aromatic carbocycles. The number of aliphatic hydroxyl groups excluding tert-OH is 1. The smallest absolute Gasteiger partial charge is 0.233 e. The van der Waals surface area contributed by atoms with Crippen LogP contribution in [0, 0.1) is 5.92 Å². The monoisotopic (exact) mass is 335 g/mol. The molecule has 0 spiro atoms. The Bertz CT molecular complexity index is 549. The normalized spacial score (nSPS) is 25.3. The van der Waals surface area contributed by atoms with Crippen molar-refractivity contribution in [2.75, 3.05) is 13.1 Å². The van der Waals surface area contributed by atoms with Crippen molar-refractivity contribution in [2.45, 2.75) is 57.0 Å². The van der Waals surface area contributed by atoms with Gasteiger partial charge in [0.1, 0.15) is 0 Å². The molecule has 2 aliphatic rings. The summed E-state index contributed by atoms with van der Waals surface area (Å²) in [5.74, 6) is 0.465. The van der Waals surface area contributed by atoms with E-state index in [0.29, 0.717) is 11.6 Å². The summed E-state index contributed by atoms with van der Waals surface area (Å²) in [6.45, 7) is 3.28. The van der Waals surface area contributed by atoms with E-state index in [0.717, 1.165) is 44.2 Å². The van der Waals surface area contributed by atoms with E-state index in [-0.39, 0.29) is 17.9 Å². The number of halogens is 1. The molecule has 0 aromatic heterocycles. The molecule has 1 aliphatic heterocycles. The molecule has 0 radical (unpaired) electrons. The van der Waals surface area contributed by atoms with Gasteiger partial charge in [-0.05, 0) is 43.9 Å². The van der Waals surface area contributed by atoms with Gasteiger partial charge in [-0.1, -0.05) is 43.0 Å². The van der Waals surface area contributed by atoms with E-state index < -0.39 is 5.41 Å². The highest BCUT2D eigenvalue weighted by Gasteiger charge is 2.45. The van der Waals surface area contributed by atoms with Gasteiger partial charge in [-0.3, -0.25) is 4.79 Å². The second-order valence-electron chi connectivity index (χ2n) is 7.19. The quantitative estimate of drug-likeness (QED) is 0.913. The van der Waals surface area contributed by atoms with Gasteiger partial charge in [-0.25, -0.2) is 0 Å². The van der Waals surface area contributed by atoms with E-state index in [9.17, 15) is 9.90 Å². The van der Waals surface area contributed by atoms with Crippen molar-refractivity contribution >= 4 is 17.5 Å². The van der Waals surface area contributed by atoms with Crippen molar-refractivity contribution in [2.24, 2.45) is 5.92 Å². The van der Waals surface area contributed by atoms with Gasteiger partial charge >= 0.3 is 0 Å². The number of benzene rings is 1. The fraction of sp³-hybridized carbons (Fsp3) is 0.632. The molecule has 1 heterocycles. The average molecular weight is 336 g/mol. The Kier molecular flexibility index (Phi) is 4.98. The number of hydrogen-bond acceptors (Lipinski definition) is 2. The van der Waals surface area contributed by atoms with Crippen molar-refractivity contribution in [1.29, 1.82) is 0 Å². The number of rotatable bonds is 3. The molecular formula is C19H26ClNO2. The number of aliphatic hydroxyl groups is 1. The predicted molar refractivity (Wildman–Crippen MR) is 92.6 cm³/mol. The molecule has 126 valence electrons. The van der Waals surface area contributed by atoms with Crippen LogP contribution in [0.5, 0.6) is 0 Å². The zero-order valence-corrected chi connectivity index (χ0v) is 14.6. The zero-order valence-electron chi connectivity index (χ0n) is 13.8. The third kappa shape index (κ3) is 3.27. The van der Waals surface area contributed by atoms with Crippen LogP contribution in [0.4, 0.5) is 0 Å². The van der Waals surface area contributed by atoms with Gasteiger partial charge in [0, 0.05) is 24.0 Å². The third-order valence-corrected chi connectivity index (χ3v) is 5.96. The number of carbonyl (C=O) groups is 1. The maximum atomic E-state index is 13.4. The molecule has 0 bridgehead atoms. The molecule has 1 amide bonds. The lowest BCUT2D eigenvalue weighted by Gasteiger charge is -2.39. The van der Waals surface area contributed by atoms with Crippen LogP contribution in [0.25, 0.3) is 0 Å². The summed E-state index contributed by atoms with van der Waals surface area (Å²) in [5.41, 5.74) is 0.711. The number of carbonyl (C=O) groups excluding carboxylic acids is 1. The molecular weight excluding hydrogens is 310 g/mol. The second-order valence-corrected chi connectivity index (χ2v) is 7.63. The van der Waals surface area contributed by atoms with E-state index in [4.69, 9.17) is 11.6 Å². The number of amides is 1. The fourth-order valence-corrected chi connectivity index (χ4v) is 4.34. The molecule has 3 nitrogen and oxygen atoms in total. The summed E-state index contributed by atoms with van der Waals surface area (Å²) in [6, 6.07) is 7.83. The van der Waals surface area contributed by atoms with Crippen LogP contribution in [0.15, 0.2) is 24.3 Å². The molecule has 1 saturated heterocycles. The molecule has 23 heavy (non-hydrogen) atoms. The molecule has 2 atom stereocenters. The van der Waals surface area contributed by atoms with Crippen molar-refractivity contribution in [3.63, 3.8) is 0 Å². The van der Waals surface area contributed by atoms with E-state index in [1.54, 1.807) is 0 Å². The summed E-state index contributed by atoms with van der Waals surface area (Å²) in [6.07, 6.45) is 5.81. The highest BCUT2D eigenvalue weighted by Crippen LogP contribution is 2.42. The molecule has 1 aliphatic carbocycles. The summed E-state index contributed by atoms with van der Waals surface area (Å²) < 4.78 is 0. The van der Waals surface area contributed by atoms with Crippen LogP contribution in [0.2, 0.25) is 5.02 Å². The topological polar surface area (TPSA) is 40.5 Å². The molecule has 3 rings (SSSR count). The third-order valence-electron chi connectivity index (χ3n) is 5.71. The Morgan fingerprint density at radius 1 is 1.26 bits per heavy atom. The summed E-state index contributed by atoms with van der Waals surface area (Å²) in [7, 11) is 0. The Hall–Kier alpha value is -1.06. The van der Waals surface area contributed by atoms with Crippen molar-refractivity contribution in [3.05, 3.63) is 34.9 Å². The fourth-order valence-electron chi connectivity index (χ4n) is 4.22. The van der Waals surface area contributed by atoms with Crippen LogP contribution in [0.1, 0.15) is 51.0 Å². The SMILES string of the molecule is CC(O)C1CCN(C(=O)C2(c3ccc(Cl)cc3)CCCCC2)C1. The molecule has 2 fully saturated rings. The Morgan fingerprint density at radius 2 is 1.91 bits per heavy atom. The minimum absolute atomic E-state index is 0.213. The van der Waals surface area contributed by atoms with Crippen molar-refractivity contribution < 1.29 is 9.90 Å². The van der Waals surface area contributed by atoms with Crippen LogP contribution >= 0.6 is 11.6 Å². The lowest BCUT2D eigenvalue weighted by Crippen LogP contribution is -2.47. The maximum Gasteiger partial charge on any atom is 0.233 e. The van der Waals surface area contributed by atoms with Gasteiger partial charge in [-0.15, -0.1) is 0 Å². The van der Waals surface area contributed by atoms with Gasteiger partial charge in [0.05, 0.1) is 11.5 Å². The summed E-state index contributed by atoms with van der Waals surface area (Å²) in [4.78, 5) is 15.4. The molecule has 2 unspecified atom stereocenters. The van der Waals surface area contributed by atoms with Crippen molar-refractivity contribution in [3.8, 4) is 0 Å². The van der Waals surface area contributed by atoms with E-state index in [1.807, 2.05) is 36.1 Å². The lowest BCUT2D eigenvalue weighted by molar-refractivity contribution is -0.138. The average Bonchev–Trinajstić information content (AvgIpc) is 3.05. The summed E-state index contributed by atoms with van der Waals surface area (Å²) >= 11 is 6.03. The molecule has 1 N–H and O–H groups in total. The molecule has 1 aromatic rings. The first-order valence-corrected chi connectivity index (χ1v) is 9.14. The van der Waals surface area contributed by atoms with Crippen LogP contribution in [-0.4, -0.2) is 35.1 Å². The molecule has 4 heteroatoms. The number of likely N-dealkylation sites (tertiary alicyclic amines) is 1. The highest BCUT2D eigenvalue weighted by atomic mass is 35.5. The van der Waals surface area contributed by atoms with Gasteiger partial charge in [0.2, 0.25) is 5.91 Å². The Morgan fingerprint density at radius 3 is 2.48 bits per heavy atom. The molecule has 1 saturated carbocycles. The summed E-state index contributed by atoms with van der Waals surface area (Å²) in [5, 5.41) is 10.5. The largest absolute Gasteiger partial charge is 0.393 e. The van der Waals surface area contributed by atoms with Gasteiger partial charge < -0.3 is 10.0 Å². The minimum Gasteiger partial charge on any atom is -0.393 e. The first-order valence-electron chi connectivity index (χ1n) is 8.76. The van der Waals surface area contributed by atoms with Crippen LogP contribution in [0.3, 0.4) is 0 Å². The second kappa shape index (κ2) is 6.82. The van der Waals surface area contributed by atoms with Crippen LogP contribution in [-0.2, 0) is 10.2 Å². The number of nitrogens with zero attached hydrogens (tertiary/aromatic N) is 1. The van der Waals surface area contributed by atoms with E-state index in [2.05, 4.69) is 0 Å². The minimum atomic E-state index is -0.392. The standard InChI is InChI=1S/C19H26ClNO2/c1-14(22)15-9-12-21(13-15)18(23)19(10-3-2-4-11-19)16-5-7-17(20)8-6-16/h5-8,14-15,22H,2-4,9-13H2,1H3. The Labute approximate surface area is 143 Å². The van der Waals surface area contributed by atoms with E-state index in [1.165, 1.54) is 6.42 Å². The van der Waals surface area contributed by atoms with Gasteiger partial charge in [-0.2, -0.15) is 0 Å². The zero-order chi connectivity index (χ0) is 16.4. The predicted octanol–water partition coefficient (Wildman–Crippen LogP) is 3.77. The van der Waals surface area contributed by atoms with Crippen molar-refractivity contribution in [1.82, 2.24) is 4.90 Å². The first kappa shape index (κ1) is 16.8.